The second-order valence-electron chi connectivity index (χ2n) is 6.86. The van der Waals surface area contributed by atoms with E-state index in [1.54, 1.807) is 0 Å². The molecule has 0 unspecified atom stereocenters. The molecule has 140 valence electrons. The lowest BCUT2D eigenvalue weighted by atomic mass is 10.1. The Morgan fingerprint density at radius 2 is 1.62 bits per heavy atom. The number of aromatic nitrogens is 1. The predicted molar refractivity (Wildman–Crippen MR) is 101 cm³/mol. The Kier molecular flexibility index (Phi) is 6.08. The highest BCUT2D eigenvalue weighted by atomic mass is 16.5. The van der Waals surface area contributed by atoms with E-state index >= 15 is 0 Å². The van der Waals surface area contributed by atoms with Crippen LogP contribution in [0, 0.1) is 27.7 Å². The van der Waals surface area contributed by atoms with Crippen molar-refractivity contribution in [3.63, 3.8) is 0 Å². The molecule has 0 aliphatic rings. The molecule has 0 atom stereocenters. The monoisotopic (exact) mass is 357 g/mol. The van der Waals surface area contributed by atoms with Crippen molar-refractivity contribution in [1.82, 2.24) is 15.4 Å². The topological polar surface area (TPSA) is 72.4 Å². The molecule has 1 aromatic heterocycles. The van der Waals surface area contributed by atoms with E-state index in [9.17, 15) is 9.59 Å². The Morgan fingerprint density at radius 3 is 2.15 bits per heavy atom. The van der Waals surface area contributed by atoms with Crippen LogP contribution in [0.4, 0.5) is 0 Å². The number of carbonyl (C=O) groups excluding carboxylic acids is 2. The maximum atomic E-state index is 12.3. The first-order valence-corrected chi connectivity index (χ1v) is 8.67. The number of aryl methyl sites for hydroxylation is 3. The van der Waals surface area contributed by atoms with E-state index in [0.717, 1.165) is 22.5 Å². The van der Waals surface area contributed by atoms with Gasteiger partial charge in [-0.15, -0.1) is 0 Å². The Morgan fingerprint density at radius 1 is 1.00 bits per heavy atom. The van der Waals surface area contributed by atoms with Gasteiger partial charge in [-0.05, 0) is 70.9 Å². The zero-order valence-electron chi connectivity index (χ0n) is 16.3. The molecule has 0 fully saturated rings. The molecular formula is C20H27N3O3. The molecule has 6 nitrogen and oxygen atoms in total. The van der Waals surface area contributed by atoms with Crippen molar-refractivity contribution in [3.05, 3.63) is 52.3 Å². The highest BCUT2D eigenvalue weighted by Crippen LogP contribution is 2.20. The number of rotatable bonds is 5. The normalized spacial score (nSPS) is 10.7. The Labute approximate surface area is 154 Å². The van der Waals surface area contributed by atoms with Crippen LogP contribution in [0.15, 0.2) is 24.3 Å². The van der Waals surface area contributed by atoms with Crippen molar-refractivity contribution in [2.45, 2.75) is 47.6 Å². The second-order valence-corrected chi connectivity index (χ2v) is 6.86. The molecule has 1 aromatic carbocycles. The zero-order chi connectivity index (χ0) is 19.4. The molecule has 0 bridgehead atoms. The van der Waals surface area contributed by atoms with Crippen molar-refractivity contribution in [2.24, 2.45) is 0 Å². The summed E-state index contributed by atoms with van der Waals surface area (Å²) >= 11 is 0. The molecule has 26 heavy (non-hydrogen) atoms. The molecule has 2 N–H and O–H groups in total. The summed E-state index contributed by atoms with van der Waals surface area (Å²) in [6, 6.07) is 7.83. The summed E-state index contributed by atoms with van der Waals surface area (Å²) in [7, 11) is 0. The van der Waals surface area contributed by atoms with Crippen molar-refractivity contribution < 1.29 is 14.3 Å². The molecule has 2 aromatic rings. The lowest BCUT2D eigenvalue weighted by Crippen LogP contribution is -2.44. The highest BCUT2D eigenvalue weighted by molar-refractivity contribution is 5.96. The first kappa shape index (κ1) is 19.6. The van der Waals surface area contributed by atoms with Crippen LogP contribution in [0.1, 0.15) is 52.8 Å². The Hall–Kier alpha value is -2.76. The fourth-order valence-electron chi connectivity index (χ4n) is 3.20. The number of carbonyl (C=O) groups is 2. The quantitative estimate of drug-likeness (QED) is 0.808. The molecule has 2 rings (SSSR count). The lowest BCUT2D eigenvalue weighted by molar-refractivity contribution is -0.123. The van der Waals surface area contributed by atoms with E-state index in [-0.39, 0.29) is 18.6 Å². The second kappa shape index (κ2) is 8.08. The fourth-order valence-corrected chi connectivity index (χ4v) is 3.20. The number of hydrogen-bond donors (Lipinski definition) is 2. The van der Waals surface area contributed by atoms with Gasteiger partial charge in [0.25, 0.3) is 11.8 Å². The standard InChI is InChI=1S/C20H27N3O3/c1-12(2)23-15(5)10-18(16(23)6)20(25)22-21-19(24)11-26-17-8-13(3)7-14(4)9-17/h7-10,12H,11H2,1-6H3,(H,21,24)(H,22,25). The van der Waals surface area contributed by atoms with Crippen LogP contribution < -0.4 is 15.6 Å². The summed E-state index contributed by atoms with van der Waals surface area (Å²) in [6.45, 7) is 11.7. The van der Waals surface area contributed by atoms with Gasteiger partial charge in [0.05, 0.1) is 5.56 Å². The molecule has 6 heteroatoms. The summed E-state index contributed by atoms with van der Waals surface area (Å²) in [6.07, 6.45) is 0. The first-order valence-electron chi connectivity index (χ1n) is 8.67. The molecule has 0 spiro atoms. The molecule has 0 saturated carbocycles. The highest BCUT2D eigenvalue weighted by Gasteiger charge is 2.17. The number of hydrogen-bond acceptors (Lipinski definition) is 3. The number of hydrazine groups is 1. The maximum absolute atomic E-state index is 12.3. The third-order valence-corrected chi connectivity index (χ3v) is 4.13. The third-order valence-electron chi connectivity index (χ3n) is 4.13. The predicted octanol–water partition coefficient (Wildman–Crippen LogP) is 3.14. The van der Waals surface area contributed by atoms with Gasteiger partial charge in [0, 0.05) is 17.4 Å². The minimum absolute atomic E-state index is 0.172. The number of ether oxygens (including phenoxy) is 1. The number of amides is 2. The van der Waals surface area contributed by atoms with Crippen LogP contribution in [0.2, 0.25) is 0 Å². The summed E-state index contributed by atoms with van der Waals surface area (Å²) in [4.78, 5) is 24.3. The molecule has 0 radical (unpaired) electrons. The van der Waals surface area contributed by atoms with Gasteiger partial charge in [-0.3, -0.25) is 20.4 Å². The Balaban J connectivity index is 1.91. The van der Waals surface area contributed by atoms with Crippen LogP contribution in [-0.2, 0) is 4.79 Å². The van der Waals surface area contributed by atoms with Gasteiger partial charge in [-0.2, -0.15) is 0 Å². The SMILES string of the molecule is Cc1cc(C)cc(OCC(=O)NNC(=O)c2cc(C)n(C(C)C)c2C)c1. The number of nitrogens with one attached hydrogen (secondary N) is 2. The molecule has 0 aliphatic carbocycles. The van der Waals surface area contributed by atoms with Crippen LogP contribution in [-0.4, -0.2) is 23.0 Å². The van der Waals surface area contributed by atoms with Gasteiger partial charge in [0.1, 0.15) is 5.75 Å². The lowest BCUT2D eigenvalue weighted by Gasteiger charge is -2.14. The van der Waals surface area contributed by atoms with Gasteiger partial charge in [0.2, 0.25) is 0 Å². The van der Waals surface area contributed by atoms with Crippen LogP contribution in [0.5, 0.6) is 5.75 Å². The molecule has 0 saturated heterocycles. The van der Waals surface area contributed by atoms with Gasteiger partial charge in [0.15, 0.2) is 6.61 Å². The summed E-state index contributed by atoms with van der Waals surface area (Å²) in [5, 5.41) is 0. The van der Waals surface area contributed by atoms with Gasteiger partial charge in [-0.1, -0.05) is 6.07 Å². The minimum Gasteiger partial charge on any atom is -0.484 e. The fraction of sp³-hybridized carbons (Fsp3) is 0.400. The summed E-state index contributed by atoms with van der Waals surface area (Å²) in [5.41, 5.74) is 9.39. The summed E-state index contributed by atoms with van der Waals surface area (Å²) < 4.78 is 7.56. The maximum Gasteiger partial charge on any atom is 0.276 e. The average molecular weight is 357 g/mol. The van der Waals surface area contributed by atoms with Crippen LogP contribution in [0.3, 0.4) is 0 Å². The van der Waals surface area contributed by atoms with Crippen molar-refractivity contribution in [2.75, 3.05) is 6.61 Å². The van der Waals surface area contributed by atoms with Crippen LogP contribution >= 0.6 is 0 Å². The zero-order valence-corrected chi connectivity index (χ0v) is 16.3. The molecule has 2 amide bonds. The van der Waals surface area contributed by atoms with Crippen molar-refractivity contribution in [3.8, 4) is 5.75 Å². The van der Waals surface area contributed by atoms with E-state index < -0.39 is 5.91 Å². The van der Waals surface area contributed by atoms with Crippen LogP contribution in [0.25, 0.3) is 0 Å². The smallest absolute Gasteiger partial charge is 0.276 e. The Bertz CT molecular complexity index is 802. The van der Waals surface area contributed by atoms with E-state index in [1.165, 1.54) is 0 Å². The average Bonchev–Trinajstić information content (AvgIpc) is 2.84. The summed E-state index contributed by atoms with van der Waals surface area (Å²) in [5.74, 6) is -0.135. The van der Waals surface area contributed by atoms with E-state index in [2.05, 4.69) is 29.3 Å². The van der Waals surface area contributed by atoms with Crippen molar-refractivity contribution in [1.29, 1.82) is 0 Å². The van der Waals surface area contributed by atoms with E-state index in [1.807, 2.05) is 52.0 Å². The van der Waals surface area contributed by atoms with Crippen molar-refractivity contribution >= 4 is 11.8 Å². The first-order chi connectivity index (χ1) is 12.2. The molecule has 1 heterocycles. The van der Waals surface area contributed by atoms with Gasteiger partial charge in [-0.25, -0.2) is 0 Å². The largest absolute Gasteiger partial charge is 0.484 e. The molecular weight excluding hydrogens is 330 g/mol. The molecule has 0 aliphatic heterocycles. The van der Waals surface area contributed by atoms with Gasteiger partial charge >= 0.3 is 0 Å². The van der Waals surface area contributed by atoms with E-state index in [4.69, 9.17) is 4.74 Å². The minimum atomic E-state index is -0.421. The van der Waals surface area contributed by atoms with E-state index in [0.29, 0.717) is 11.3 Å². The number of nitrogens with zero attached hydrogens (tertiary/aromatic N) is 1. The third kappa shape index (κ3) is 4.65. The number of benzene rings is 1. The van der Waals surface area contributed by atoms with Gasteiger partial charge < -0.3 is 9.30 Å².